The molecule has 1 aromatic carbocycles. The summed E-state index contributed by atoms with van der Waals surface area (Å²) in [5.74, 6) is -2.60. The van der Waals surface area contributed by atoms with Gasteiger partial charge in [0.25, 0.3) is 5.91 Å². The van der Waals surface area contributed by atoms with Crippen molar-refractivity contribution in [1.29, 1.82) is 0 Å². The first-order chi connectivity index (χ1) is 14.9. The zero-order chi connectivity index (χ0) is 23.7. The number of sulfone groups is 1. The van der Waals surface area contributed by atoms with Crippen molar-refractivity contribution in [2.24, 2.45) is 5.92 Å². The van der Waals surface area contributed by atoms with Crippen LogP contribution < -0.4 is 0 Å². The SMILES string of the molecule is C[C@H](OC(=O)C1CCN(S(=O)(=O)c2ccccc2F)CC1)C(=O)N(C)[C@@H]1CCS(=O)(=O)C1. The van der Waals surface area contributed by atoms with Gasteiger partial charge in [-0.25, -0.2) is 21.2 Å². The minimum Gasteiger partial charge on any atom is -0.452 e. The second kappa shape index (κ2) is 9.44. The monoisotopic (exact) mass is 490 g/mol. The minimum absolute atomic E-state index is 0.0256. The smallest absolute Gasteiger partial charge is 0.309 e. The van der Waals surface area contributed by atoms with Gasteiger partial charge in [-0.15, -0.1) is 0 Å². The predicted molar refractivity (Wildman–Crippen MR) is 113 cm³/mol. The Morgan fingerprint density at radius 3 is 2.38 bits per heavy atom. The van der Waals surface area contributed by atoms with Crippen molar-refractivity contribution in [1.82, 2.24) is 9.21 Å². The molecule has 2 aliphatic heterocycles. The quantitative estimate of drug-likeness (QED) is 0.541. The number of hydrogen-bond donors (Lipinski definition) is 0. The number of esters is 1. The highest BCUT2D eigenvalue weighted by Crippen LogP contribution is 2.26. The molecule has 0 saturated carbocycles. The van der Waals surface area contributed by atoms with Gasteiger partial charge in [0.2, 0.25) is 10.0 Å². The van der Waals surface area contributed by atoms with Gasteiger partial charge >= 0.3 is 5.97 Å². The largest absolute Gasteiger partial charge is 0.452 e. The third kappa shape index (κ3) is 5.29. The van der Waals surface area contributed by atoms with Gasteiger partial charge in [-0.3, -0.25) is 9.59 Å². The number of ether oxygens (including phenoxy) is 1. The number of piperidine rings is 1. The molecule has 2 atom stereocenters. The molecule has 1 amide bonds. The number of carbonyl (C=O) groups excluding carboxylic acids is 2. The summed E-state index contributed by atoms with van der Waals surface area (Å²) in [5.41, 5.74) is 0. The fourth-order valence-corrected chi connectivity index (χ4v) is 7.30. The molecule has 32 heavy (non-hydrogen) atoms. The van der Waals surface area contributed by atoms with E-state index in [-0.39, 0.29) is 37.4 Å². The Bertz CT molecular complexity index is 1080. The molecule has 12 heteroatoms. The molecular weight excluding hydrogens is 463 g/mol. The lowest BCUT2D eigenvalue weighted by molar-refractivity contribution is -0.163. The fourth-order valence-electron chi connectivity index (χ4n) is 3.99. The van der Waals surface area contributed by atoms with E-state index in [4.69, 9.17) is 4.74 Å². The normalized spacial score (nSPS) is 22.9. The van der Waals surface area contributed by atoms with Gasteiger partial charge in [0.1, 0.15) is 10.7 Å². The van der Waals surface area contributed by atoms with Crippen molar-refractivity contribution in [2.75, 3.05) is 31.6 Å². The molecular formula is C20H27FN2O7S2. The van der Waals surface area contributed by atoms with Crippen LogP contribution in [0.3, 0.4) is 0 Å². The molecule has 0 N–H and O–H groups in total. The molecule has 2 aliphatic rings. The number of hydrogen-bond acceptors (Lipinski definition) is 7. The summed E-state index contributed by atoms with van der Waals surface area (Å²) in [6.07, 6.45) is -0.370. The van der Waals surface area contributed by atoms with Crippen molar-refractivity contribution < 1.29 is 35.6 Å². The molecule has 178 valence electrons. The first-order valence-electron chi connectivity index (χ1n) is 10.3. The van der Waals surface area contributed by atoms with E-state index < -0.39 is 60.5 Å². The second-order valence-electron chi connectivity index (χ2n) is 8.19. The molecule has 2 heterocycles. The maximum absolute atomic E-state index is 13.9. The van der Waals surface area contributed by atoms with Crippen LogP contribution in [0.5, 0.6) is 0 Å². The number of likely N-dealkylation sites (N-methyl/N-ethyl adjacent to an activating group) is 1. The second-order valence-corrected chi connectivity index (χ2v) is 12.3. The number of halogens is 1. The zero-order valence-corrected chi connectivity index (χ0v) is 19.6. The highest BCUT2D eigenvalue weighted by atomic mass is 32.2. The lowest BCUT2D eigenvalue weighted by atomic mass is 9.98. The maximum Gasteiger partial charge on any atom is 0.309 e. The van der Waals surface area contributed by atoms with Gasteiger partial charge in [-0.2, -0.15) is 4.31 Å². The Labute approximate surface area is 187 Å². The molecule has 2 fully saturated rings. The van der Waals surface area contributed by atoms with Gasteiger partial charge in [0.05, 0.1) is 17.4 Å². The van der Waals surface area contributed by atoms with E-state index in [2.05, 4.69) is 0 Å². The van der Waals surface area contributed by atoms with E-state index in [0.29, 0.717) is 6.42 Å². The summed E-state index contributed by atoms with van der Waals surface area (Å²) >= 11 is 0. The van der Waals surface area contributed by atoms with Crippen LogP contribution in [0.1, 0.15) is 26.2 Å². The summed E-state index contributed by atoms with van der Waals surface area (Å²) in [7, 11) is -5.68. The minimum atomic E-state index is -4.01. The van der Waals surface area contributed by atoms with Crippen molar-refractivity contribution in [3.63, 3.8) is 0 Å². The summed E-state index contributed by atoms with van der Waals surface area (Å²) < 4.78 is 69.0. The highest BCUT2D eigenvalue weighted by Gasteiger charge is 2.37. The first-order valence-corrected chi connectivity index (χ1v) is 13.6. The summed E-state index contributed by atoms with van der Waals surface area (Å²) in [5, 5.41) is 0. The van der Waals surface area contributed by atoms with Gasteiger partial charge < -0.3 is 9.64 Å². The number of nitrogens with zero attached hydrogens (tertiary/aromatic N) is 2. The highest BCUT2D eigenvalue weighted by molar-refractivity contribution is 7.91. The Morgan fingerprint density at radius 2 is 1.81 bits per heavy atom. The third-order valence-electron chi connectivity index (χ3n) is 5.99. The van der Waals surface area contributed by atoms with Crippen LogP contribution in [0.15, 0.2) is 29.2 Å². The third-order valence-corrected chi connectivity index (χ3v) is 9.67. The van der Waals surface area contributed by atoms with E-state index in [1.807, 2.05) is 0 Å². The van der Waals surface area contributed by atoms with E-state index in [1.54, 1.807) is 0 Å². The Morgan fingerprint density at radius 1 is 1.19 bits per heavy atom. The van der Waals surface area contributed by atoms with Crippen LogP contribution in [0.4, 0.5) is 4.39 Å². The van der Waals surface area contributed by atoms with Crippen molar-refractivity contribution >= 4 is 31.7 Å². The Hall–Kier alpha value is -2.05. The van der Waals surface area contributed by atoms with Gasteiger partial charge in [0.15, 0.2) is 15.9 Å². The van der Waals surface area contributed by atoms with Crippen LogP contribution in [0.2, 0.25) is 0 Å². The van der Waals surface area contributed by atoms with Gasteiger partial charge in [0, 0.05) is 26.2 Å². The van der Waals surface area contributed by atoms with Gasteiger partial charge in [-0.1, -0.05) is 12.1 Å². The Balaban J connectivity index is 1.54. The van der Waals surface area contributed by atoms with E-state index in [1.165, 1.54) is 37.1 Å². The van der Waals surface area contributed by atoms with E-state index >= 15 is 0 Å². The van der Waals surface area contributed by atoms with E-state index in [0.717, 1.165) is 10.4 Å². The Kier molecular flexibility index (Phi) is 7.25. The summed E-state index contributed by atoms with van der Waals surface area (Å²) in [6.45, 7) is 1.48. The lowest BCUT2D eigenvalue weighted by Gasteiger charge is -2.31. The molecule has 0 aliphatic carbocycles. The number of carbonyl (C=O) groups is 2. The van der Waals surface area contributed by atoms with Crippen LogP contribution in [0.25, 0.3) is 0 Å². The van der Waals surface area contributed by atoms with Crippen LogP contribution >= 0.6 is 0 Å². The van der Waals surface area contributed by atoms with Crippen LogP contribution in [-0.2, 0) is 34.2 Å². The number of rotatable bonds is 6. The molecule has 0 aromatic heterocycles. The zero-order valence-electron chi connectivity index (χ0n) is 17.9. The van der Waals surface area contributed by atoms with Gasteiger partial charge in [-0.05, 0) is 38.3 Å². The standard InChI is InChI=1S/C20H27FN2O7S2/c1-14(19(24)22(2)16-9-12-31(26,27)13-16)30-20(25)15-7-10-23(11-8-15)32(28,29)18-6-4-3-5-17(18)21/h3-6,14-16H,7-13H2,1-2H3/t14-,16+/m0/s1. The molecule has 3 rings (SSSR count). The number of sulfonamides is 1. The fraction of sp³-hybridized carbons (Fsp3) is 0.600. The average Bonchev–Trinajstić information content (AvgIpc) is 3.12. The first kappa shape index (κ1) is 24.6. The lowest BCUT2D eigenvalue weighted by Crippen LogP contribution is -2.45. The molecule has 0 bridgehead atoms. The summed E-state index contributed by atoms with van der Waals surface area (Å²) in [6, 6.07) is 4.68. The van der Waals surface area contributed by atoms with Crippen molar-refractivity contribution in [2.45, 2.75) is 43.2 Å². The van der Waals surface area contributed by atoms with Crippen LogP contribution in [-0.4, -0.2) is 81.7 Å². The molecule has 0 radical (unpaired) electrons. The van der Waals surface area contributed by atoms with Crippen molar-refractivity contribution in [3.8, 4) is 0 Å². The van der Waals surface area contributed by atoms with Crippen LogP contribution in [0, 0.1) is 11.7 Å². The number of amides is 1. The topological polar surface area (TPSA) is 118 Å². The van der Waals surface area contributed by atoms with Crippen molar-refractivity contribution in [3.05, 3.63) is 30.1 Å². The van der Waals surface area contributed by atoms with E-state index in [9.17, 15) is 30.8 Å². The number of benzene rings is 1. The molecule has 0 spiro atoms. The molecule has 9 nitrogen and oxygen atoms in total. The average molecular weight is 491 g/mol. The molecule has 2 saturated heterocycles. The molecule has 0 unspecified atom stereocenters. The molecule has 1 aromatic rings. The predicted octanol–water partition coefficient (Wildman–Crippen LogP) is 0.804. The maximum atomic E-state index is 13.9. The summed E-state index contributed by atoms with van der Waals surface area (Å²) in [4.78, 5) is 26.0.